The number of nitrogens with zero attached hydrogens (tertiary/aromatic N) is 4. The molecular formula is C25H21N5. The summed E-state index contributed by atoms with van der Waals surface area (Å²) in [6.45, 7) is 6.60. The molecule has 5 heteroatoms. The second kappa shape index (κ2) is 7.44. The van der Waals surface area contributed by atoms with Crippen molar-refractivity contribution in [1.82, 2.24) is 19.5 Å². The van der Waals surface area contributed by atoms with Crippen LogP contribution in [-0.4, -0.2) is 19.5 Å². The molecule has 2 heterocycles. The van der Waals surface area contributed by atoms with Crippen LogP contribution in [0.2, 0.25) is 0 Å². The number of para-hydroxylation sites is 1. The highest BCUT2D eigenvalue weighted by Gasteiger charge is 2.11. The first-order chi connectivity index (χ1) is 14.7. The van der Waals surface area contributed by atoms with Crippen molar-refractivity contribution in [3.8, 4) is 11.4 Å². The van der Waals surface area contributed by atoms with Crippen molar-refractivity contribution >= 4 is 33.4 Å². The number of nitrogens with one attached hydrogen (secondary N) is 1. The first kappa shape index (κ1) is 18.1. The standard InChI is InChI=1S/C25H21N5/c1-3-15-30-17(2)26-22-14-13-19(16-23(22)30)27-25-20-11-7-8-12-21(20)28-24(29-25)18-9-5-4-6-10-18/h3-14,16H,1,15H2,2H3,(H,27,28,29). The minimum absolute atomic E-state index is 0.699. The van der Waals surface area contributed by atoms with Gasteiger partial charge in [0.15, 0.2) is 5.82 Å². The SMILES string of the molecule is C=CCn1c(C)nc2ccc(Nc3nc(-c4ccccc4)nc4ccccc34)cc21. The summed E-state index contributed by atoms with van der Waals surface area (Å²) in [7, 11) is 0. The number of fused-ring (bicyclic) bond motifs is 2. The van der Waals surface area contributed by atoms with Crippen molar-refractivity contribution in [2.24, 2.45) is 0 Å². The first-order valence-corrected chi connectivity index (χ1v) is 9.90. The number of aromatic nitrogens is 4. The molecule has 30 heavy (non-hydrogen) atoms. The Morgan fingerprint density at radius 1 is 0.900 bits per heavy atom. The molecule has 0 bridgehead atoms. The van der Waals surface area contributed by atoms with Gasteiger partial charge in [-0.15, -0.1) is 6.58 Å². The van der Waals surface area contributed by atoms with Crippen LogP contribution in [0, 0.1) is 6.92 Å². The maximum atomic E-state index is 4.85. The molecule has 0 saturated carbocycles. The van der Waals surface area contributed by atoms with Gasteiger partial charge in [-0.1, -0.05) is 48.5 Å². The van der Waals surface area contributed by atoms with Gasteiger partial charge in [0.1, 0.15) is 11.6 Å². The van der Waals surface area contributed by atoms with Crippen LogP contribution >= 0.6 is 0 Å². The van der Waals surface area contributed by atoms with Crippen LogP contribution in [0.3, 0.4) is 0 Å². The van der Waals surface area contributed by atoms with E-state index in [1.54, 1.807) is 0 Å². The molecule has 146 valence electrons. The fraction of sp³-hybridized carbons (Fsp3) is 0.0800. The summed E-state index contributed by atoms with van der Waals surface area (Å²) in [4.78, 5) is 14.3. The number of imidazole rings is 1. The lowest BCUT2D eigenvalue weighted by molar-refractivity contribution is 0.808. The quantitative estimate of drug-likeness (QED) is 0.380. The molecule has 0 spiro atoms. The van der Waals surface area contributed by atoms with Crippen molar-refractivity contribution in [1.29, 1.82) is 0 Å². The Hall–Kier alpha value is -3.99. The average Bonchev–Trinajstić information content (AvgIpc) is 3.09. The summed E-state index contributed by atoms with van der Waals surface area (Å²) in [6.07, 6.45) is 1.89. The van der Waals surface area contributed by atoms with Gasteiger partial charge in [-0.05, 0) is 37.3 Å². The van der Waals surface area contributed by atoms with E-state index in [0.29, 0.717) is 5.82 Å². The number of hydrogen-bond donors (Lipinski definition) is 1. The number of rotatable bonds is 5. The maximum absolute atomic E-state index is 4.85. The van der Waals surface area contributed by atoms with Gasteiger partial charge in [0, 0.05) is 23.2 Å². The van der Waals surface area contributed by atoms with Crippen molar-refractivity contribution in [3.05, 3.63) is 91.3 Å². The van der Waals surface area contributed by atoms with E-state index in [2.05, 4.69) is 27.5 Å². The fourth-order valence-corrected chi connectivity index (χ4v) is 3.71. The van der Waals surface area contributed by atoms with Crippen molar-refractivity contribution in [2.45, 2.75) is 13.5 Å². The lowest BCUT2D eigenvalue weighted by atomic mass is 10.2. The van der Waals surface area contributed by atoms with Crippen LogP contribution in [-0.2, 0) is 6.54 Å². The molecule has 0 aliphatic rings. The van der Waals surface area contributed by atoms with Gasteiger partial charge in [0.05, 0.1) is 16.6 Å². The molecule has 5 aromatic rings. The fourth-order valence-electron chi connectivity index (χ4n) is 3.71. The van der Waals surface area contributed by atoms with Crippen molar-refractivity contribution < 1.29 is 0 Å². The molecule has 5 rings (SSSR count). The summed E-state index contributed by atoms with van der Waals surface area (Å²) < 4.78 is 2.15. The summed E-state index contributed by atoms with van der Waals surface area (Å²) in [5.74, 6) is 2.46. The zero-order valence-corrected chi connectivity index (χ0v) is 16.7. The molecular weight excluding hydrogens is 370 g/mol. The van der Waals surface area contributed by atoms with Crippen LogP contribution in [0.15, 0.2) is 85.5 Å². The summed E-state index contributed by atoms with van der Waals surface area (Å²) in [5, 5.41) is 4.49. The smallest absolute Gasteiger partial charge is 0.162 e. The Balaban J connectivity index is 1.63. The molecule has 5 nitrogen and oxygen atoms in total. The summed E-state index contributed by atoms with van der Waals surface area (Å²) in [6, 6.07) is 24.3. The Morgan fingerprint density at radius 2 is 1.70 bits per heavy atom. The van der Waals surface area contributed by atoms with Gasteiger partial charge in [0.2, 0.25) is 0 Å². The van der Waals surface area contributed by atoms with E-state index >= 15 is 0 Å². The molecule has 3 aromatic carbocycles. The highest BCUT2D eigenvalue weighted by atomic mass is 15.1. The lowest BCUT2D eigenvalue weighted by Crippen LogP contribution is -2.00. The third-order valence-electron chi connectivity index (χ3n) is 5.15. The molecule has 2 aromatic heterocycles. The Kier molecular flexibility index (Phi) is 4.48. The lowest BCUT2D eigenvalue weighted by Gasteiger charge is -2.12. The number of anilines is 2. The largest absolute Gasteiger partial charge is 0.340 e. The topological polar surface area (TPSA) is 55.6 Å². The highest BCUT2D eigenvalue weighted by molar-refractivity contribution is 5.93. The predicted octanol–water partition coefficient (Wildman–Crippen LogP) is 5.88. The van der Waals surface area contributed by atoms with E-state index in [1.807, 2.05) is 79.7 Å². The zero-order chi connectivity index (χ0) is 20.5. The summed E-state index contributed by atoms with van der Waals surface area (Å²) in [5.41, 5.74) is 4.89. The van der Waals surface area contributed by atoms with Gasteiger partial charge < -0.3 is 9.88 Å². The minimum atomic E-state index is 0.699. The molecule has 0 atom stereocenters. The number of benzene rings is 3. The second-order valence-corrected chi connectivity index (χ2v) is 7.17. The van der Waals surface area contributed by atoms with Gasteiger partial charge in [-0.3, -0.25) is 0 Å². The molecule has 0 aliphatic heterocycles. The number of hydrogen-bond acceptors (Lipinski definition) is 4. The van der Waals surface area contributed by atoms with Crippen LogP contribution in [0.4, 0.5) is 11.5 Å². The molecule has 1 N–H and O–H groups in total. The normalized spacial score (nSPS) is 11.1. The van der Waals surface area contributed by atoms with E-state index in [9.17, 15) is 0 Å². The Bertz CT molecular complexity index is 1370. The van der Waals surface area contributed by atoms with Crippen LogP contribution in [0.25, 0.3) is 33.3 Å². The van der Waals surface area contributed by atoms with Crippen molar-refractivity contribution in [3.63, 3.8) is 0 Å². The minimum Gasteiger partial charge on any atom is -0.340 e. The van der Waals surface area contributed by atoms with E-state index < -0.39 is 0 Å². The van der Waals surface area contributed by atoms with Gasteiger partial charge in [-0.25, -0.2) is 15.0 Å². The first-order valence-electron chi connectivity index (χ1n) is 9.90. The molecule has 0 unspecified atom stereocenters. The number of aryl methyl sites for hydroxylation is 1. The van der Waals surface area contributed by atoms with E-state index in [-0.39, 0.29) is 0 Å². The van der Waals surface area contributed by atoms with Crippen LogP contribution in [0.5, 0.6) is 0 Å². The van der Waals surface area contributed by atoms with Crippen LogP contribution < -0.4 is 5.32 Å². The molecule has 0 aliphatic carbocycles. The van der Waals surface area contributed by atoms with E-state index in [0.717, 1.165) is 51.4 Å². The molecule has 0 radical (unpaired) electrons. The van der Waals surface area contributed by atoms with Crippen LogP contribution in [0.1, 0.15) is 5.82 Å². The zero-order valence-electron chi connectivity index (χ0n) is 16.7. The highest BCUT2D eigenvalue weighted by Crippen LogP contribution is 2.29. The number of allylic oxidation sites excluding steroid dienone is 1. The molecule has 0 amide bonds. The Labute approximate surface area is 174 Å². The third-order valence-corrected chi connectivity index (χ3v) is 5.15. The van der Waals surface area contributed by atoms with Gasteiger partial charge in [-0.2, -0.15) is 0 Å². The monoisotopic (exact) mass is 391 g/mol. The molecule has 0 fully saturated rings. The third kappa shape index (κ3) is 3.20. The van der Waals surface area contributed by atoms with Gasteiger partial charge >= 0.3 is 0 Å². The Morgan fingerprint density at radius 3 is 2.53 bits per heavy atom. The predicted molar refractivity (Wildman–Crippen MR) is 123 cm³/mol. The summed E-state index contributed by atoms with van der Waals surface area (Å²) >= 11 is 0. The van der Waals surface area contributed by atoms with E-state index in [4.69, 9.17) is 9.97 Å². The van der Waals surface area contributed by atoms with Crippen molar-refractivity contribution in [2.75, 3.05) is 5.32 Å². The maximum Gasteiger partial charge on any atom is 0.162 e. The van der Waals surface area contributed by atoms with Gasteiger partial charge in [0.25, 0.3) is 0 Å². The molecule has 0 saturated heterocycles. The second-order valence-electron chi connectivity index (χ2n) is 7.17. The average molecular weight is 391 g/mol. The van der Waals surface area contributed by atoms with E-state index in [1.165, 1.54) is 0 Å².